The minimum atomic E-state index is -0.458. The number of nitrogens with zero attached hydrogens (tertiary/aromatic N) is 3. The van der Waals surface area contributed by atoms with Gasteiger partial charge in [-0.25, -0.2) is 0 Å². The number of carbonyl (C=O) groups excluding carboxylic acids is 2. The molecule has 0 fully saturated rings. The van der Waals surface area contributed by atoms with Gasteiger partial charge in [0.15, 0.2) is 0 Å². The van der Waals surface area contributed by atoms with Crippen LogP contribution < -0.4 is 15.0 Å². The van der Waals surface area contributed by atoms with E-state index in [1.54, 1.807) is 28.9 Å². The zero-order valence-electron chi connectivity index (χ0n) is 23.2. The van der Waals surface area contributed by atoms with Crippen LogP contribution in [0.3, 0.4) is 0 Å². The molecule has 0 aliphatic carbocycles. The van der Waals surface area contributed by atoms with Crippen LogP contribution in [0.15, 0.2) is 97.1 Å². The van der Waals surface area contributed by atoms with E-state index in [9.17, 15) is 9.59 Å². The van der Waals surface area contributed by atoms with Crippen LogP contribution in [-0.4, -0.2) is 35.8 Å². The molecule has 0 saturated heterocycles. The maximum Gasteiger partial charge on any atom is 0.309 e. The molecule has 0 spiro atoms. The lowest BCUT2D eigenvalue weighted by Gasteiger charge is -2.14. The summed E-state index contributed by atoms with van der Waals surface area (Å²) in [5.74, 6) is -0.395. The van der Waals surface area contributed by atoms with Gasteiger partial charge in [-0.2, -0.15) is 9.78 Å². The van der Waals surface area contributed by atoms with Crippen molar-refractivity contribution in [3.63, 3.8) is 0 Å². The van der Waals surface area contributed by atoms with Crippen LogP contribution in [0.25, 0.3) is 28.1 Å². The zero-order valence-corrected chi connectivity index (χ0v) is 23.9. The number of halogens is 1. The van der Waals surface area contributed by atoms with Crippen molar-refractivity contribution in [3.05, 3.63) is 113 Å². The topological polar surface area (TPSA) is 76.5 Å². The Morgan fingerprint density at radius 3 is 2.20 bits per heavy atom. The summed E-state index contributed by atoms with van der Waals surface area (Å²) in [6, 6.07) is 29.9. The molecule has 1 amide bonds. The summed E-state index contributed by atoms with van der Waals surface area (Å²) >= 11 is 5.95. The highest BCUT2D eigenvalue weighted by atomic mass is 35.5. The van der Waals surface area contributed by atoms with Crippen LogP contribution >= 0.6 is 11.6 Å². The number of esters is 1. The number of nitrogens with one attached hydrogen (secondary N) is 1. The van der Waals surface area contributed by atoms with E-state index in [1.807, 2.05) is 98.7 Å². The molecule has 5 rings (SSSR count). The van der Waals surface area contributed by atoms with E-state index in [1.165, 1.54) is 6.92 Å². The second kappa shape index (κ2) is 11.7. The molecule has 0 aliphatic heterocycles. The Kier molecular flexibility index (Phi) is 7.90. The van der Waals surface area contributed by atoms with Gasteiger partial charge < -0.3 is 15.0 Å². The third-order valence-corrected chi connectivity index (χ3v) is 6.79. The lowest BCUT2D eigenvalue weighted by molar-refractivity contribution is -0.132. The first-order valence-electron chi connectivity index (χ1n) is 13.0. The second-order valence-corrected chi connectivity index (χ2v) is 10.3. The van der Waals surface area contributed by atoms with Gasteiger partial charge in [0.05, 0.1) is 11.3 Å². The Balaban J connectivity index is 1.62. The molecule has 0 saturated carbocycles. The van der Waals surface area contributed by atoms with Gasteiger partial charge in [0.1, 0.15) is 5.69 Å². The zero-order chi connectivity index (χ0) is 29.1. The van der Waals surface area contributed by atoms with E-state index < -0.39 is 5.97 Å². The second-order valence-electron chi connectivity index (χ2n) is 9.85. The molecule has 7 nitrogen and oxygen atoms in total. The number of carbonyl (C=O) groups is 2. The molecule has 0 unspecified atom stereocenters. The average molecular weight is 565 g/mol. The number of hydrogen-bond donors (Lipinski definition) is 1. The summed E-state index contributed by atoms with van der Waals surface area (Å²) in [5.41, 5.74) is 6.94. The molecule has 5 aromatic rings. The van der Waals surface area contributed by atoms with Crippen molar-refractivity contribution >= 4 is 34.9 Å². The van der Waals surface area contributed by atoms with Crippen LogP contribution in [0.5, 0.6) is 5.88 Å². The first-order valence-corrected chi connectivity index (χ1v) is 13.4. The molecule has 4 aromatic carbocycles. The molecular formula is C33H29ClN4O3. The Labute approximate surface area is 244 Å². The third-order valence-electron chi connectivity index (χ3n) is 6.54. The summed E-state index contributed by atoms with van der Waals surface area (Å²) in [5, 5.41) is 8.44. The van der Waals surface area contributed by atoms with Crippen LogP contribution in [0.4, 0.5) is 11.4 Å². The van der Waals surface area contributed by atoms with E-state index in [2.05, 4.69) is 5.32 Å². The summed E-state index contributed by atoms with van der Waals surface area (Å²) < 4.78 is 7.49. The number of hydrogen-bond acceptors (Lipinski definition) is 5. The molecule has 0 aliphatic rings. The fraction of sp³-hybridized carbons (Fsp3) is 0.121. The van der Waals surface area contributed by atoms with Gasteiger partial charge in [0.25, 0.3) is 5.91 Å². The molecule has 41 heavy (non-hydrogen) atoms. The van der Waals surface area contributed by atoms with Crippen molar-refractivity contribution in [2.45, 2.75) is 13.8 Å². The first-order chi connectivity index (χ1) is 19.7. The van der Waals surface area contributed by atoms with Crippen molar-refractivity contribution < 1.29 is 14.3 Å². The summed E-state index contributed by atoms with van der Waals surface area (Å²) in [4.78, 5) is 27.1. The standard InChI is InChI=1S/C33H29ClN4O3/c1-21-8-18-28(19-9-21)38-33(41-22(2)39)30(31(36-38)25-6-5-7-29(20-25)37(3)4)23-12-16-27(17-13-23)35-32(40)24-10-14-26(34)15-11-24/h5-20H,1-4H3,(H,35,40). The Hall–Kier alpha value is -4.88. The maximum atomic E-state index is 12.7. The molecule has 1 N–H and O–H groups in total. The number of anilines is 2. The van der Waals surface area contributed by atoms with Crippen molar-refractivity contribution in [2.24, 2.45) is 0 Å². The number of aromatic nitrogens is 2. The first kappa shape index (κ1) is 27.7. The predicted octanol–water partition coefficient (Wildman–Crippen LogP) is 7.41. The van der Waals surface area contributed by atoms with Gasteiger partial charge in [0, 0.05) is 48.5 Å². The lowest BCUT2D eigenvalue weighted by Crippen LogP contribution is -2.11. The van der Waals surface area contributed by atoms with E-state index >= 15 is 0 Å². The number of ether oxygens (including phenoxy) is 1. The van der Waals surface area contributed by atoms with Crippen LogP contribution in [0.1, 0.15) is 22.8 Å². The summed E-state index contributed by atoms with van der Waals surface area (Å²) in [6.45, 7) is 3.38. The largest absolute Gasteiger partial charge is 0.407 e. The Bertz CT molecular complexity index is 1710. The number of aryl methyl sites for hydroxylation is 1. The molecule has 0 radical (unpaired) electrons. The highest BCUT2D eigenvalue weighted by Crippen LogP contribution is 2.42. The van der Waals surface area contributed by atoms with Crippen LogP contribution in [0, 0.1) is 6.92 Å². The normalized spacial score (nSPS) is 10.8. The SMILES string of the molecule is CC(=O)Oc1c(-c2ccc(NC(=O)c3ccc(Cl)cc3)cc2)c(-c2cccc(N(C)C)c2)nn1-c1ccc(C)cc1. The number of amides is 1. The molecule has 1 heterocycles. The van der Waals surface area contributed by atoms with Gasteiger partial charge >= 0.3 is 5.97 Å². The van der Waals surface area contributed by atoms with Gasteiger partial charge in [-0.1, -0.05) is 53.6 Å². The molecule has 0 bridgehead atoms. The molecule has 206 valence electrons. The predicted molar refractivity (Wildman–Crippen MR) is 164 cm³/mol. The quantitative estimate of drug-likeness (QED) is 0.208. The molecular weight excluding hydrogens is 536 g/mol. The van der Waals surface area contributed by atoms with Gasteiger partial charge in [-0.05, 0) is 73.2 Å². The Morgan fingerprint density at radius 1 is 0.878 bits per heavy atom. The van der Waals surface area contributed by atoms with E-state index in [0.29, 0.717) is 33.4 Å². The third kappa shape index (κ3) is 6.15. The fourth-order valence-corrected chi connectivity index (χ4v) is 4.54. The van der Waals surface area contributed by atoms with Crippen molar-refractivity contribution in [3.8, 4) is 34.0 Å². The Morgan fingerprint density at radius 2 is 1.56 bits per heavy atom. The van der Waals surface area contributed by atoms with Crippen molar-refractivity contribution in [1.82, 2.24) is 9.78 Å². The highest BCUT2D eigenvalue weighted by Gasteiger charge is 2.25. The number of rotatable bonds is 7. The monoisotopic (exact) mass is 564 g/mol. The average Bonchev–Trinajstić information content (AvgIpc) is 3.32. The van der Waals surface area contributed by atoms with Gasteiger partial charge in [-0.3, -0.25) is 9.59 Å². The van der Waals surface area contributed by atoms with Crippen LogP contribution in [-0.2, 0) is 4.79 Å². The number of benzene rings is 4. The molecule has 8 heteroatoms. The maximum absolute atomic E-state index is 12.7. The van der Waals surface area contributed by atoms with Gasteiger partial charge in [0.2, 0.25) is 5.88 Å². The smallest absolute Gasteiger partial charge is 0.309 e. The molecule has 1 aromatic heterocycles. The van der Waals surface area contributed by atoms with Crippen molar-refractivity contribution in [2.75, 3.05) is 24.3 Å². The summed E-state index contributed by atoms with van der Waals surface area (Å²) in [6.07, 6.45) is 0. The minimum absolute atomic E-state index is 0.247. The van der Waals surface area contributed by atoms with E-state index in [0.717, 1.165) is 28.1 Å². The van der Waals surface area contributed by atoms with Crippen LogP contribution in [0.2, 0.25) is 5.02 Å². The highest BCUT2D eigenvalue weighted by molar-refractivity contribution is 6.30. The fourth-order valence-electron chi connectivity index (χ4n) is 4.41. The van der Waals surface area contributed by atoms with Crippen molar-refractivity contribution in [1.29, 1.82) is 0 Å². The summed E-state index contributed by atoms with van der Waals surface area (Å²) in [7, 11) is 3.96. The van der Waals surface area contributed by atoms with E-state index in [4.69, 9.17) is 21.4 Å². The lowest BCUT2D eigenvalue weighted by atomic mass is 10.0. The van der Waals surface area contributed by atoms with E-state index in [-0.39, 0.29) is 5.91 Å². The molecule has 0 atom stereocenters. The van der Waals surface area contributed by atoms with Gasteiger partial charge in [-0.15, -0.1) is 0 Å². The minimum Gasteiger partial charge on any atom is -0.407 e.